The van der Waals surface area contributed by atoms with E-state index in [2.05, 4.69) is 0 Å². The average Bonchev–Trinajstić information content (AvgIpc) is 2.05. The Morgan fingerprint density at radius 1 is 1.46 bits per heavy atom. The van der Waals surface area contributed by atoms with Crippen LogP contribution in [0.15, 0.2) is 0 Å². The van der Waals surface area contributed by atoms with Crippen molar-refractivity contribution in [3.05, 3.63) is 0 Å². The van der Waals surface area contributed by atoms with Crippen molar-refractivity contribution in [2.24, 2.45) is 17.4 Å². The summed E-state index contributed by atoms with van der Waals surface area (Å²) in [6.45, 7) is 2.14. The molecule has 5 nitrogen and oxygen atoms in total. The summed E-state index contributed by atoms with van der Waals surface area (Å²) in [5.74, 6) is -0.837. The molecule has 0 aliphatic carbocycles. The Balaban J connectivity index is 4.14. The number of rotatable bonds is 5. The Labute approximate surface area is 78.1 Å². The number of carbonyl (C=O) groups excluding carboxylic acids is 2. The molecule has 0 saturated heterocycles. The van der Waals surface area contributed by atoms with Gasteiger partial charge in [0, 0.05) is 13.6 Å². The molecule has 1 atom stereocenters. The molecule has 0 bridgehead atoms. The van der Waals surface area contributed by atoms with Crippen LogP contribution in [0.5, 0.6) is 0 Å². The van der Waals surface area contributed by atoms with E-state index >= 15 is 0 Å². The van der Waals surface area contributed by atoms with Gasteiger partial charge in [0.2, 0.25) is 11.8 Å². The van der Waals surface area contributed by atoms with Gasteiger partial charge in [0.15, 0.2) is 0 Å². The minimum atomic E-state index is -0.511. The van der Waals surface area contributed by atoms with Gasteiger partial charge in [-0.25, -0.2) is 0 Å². The van der Waals surface area contributed by atoms with Crippen molar-refractivity contribution >= 4 is 11.8 Å². The summed E-state index contributed by atoms with van der Waals surface area (Å²) in [7, 11) is 1.55. The van der Waals surface area contributed by atoms with Gasteiger partial charge < -0.3 is 16.4 Å². The normalized spacial score (nSPS) is 12.2. The number of hydrogen-bond acceptors (Lipinski definition) is 3. The lowest BCUT2D eigenvalue weighted by atomic mass is 10.1. The molecular weight excluding hydrogens is 170 g/mol. The molecular formula is C8H17N3O2. The summed E-state index contributed by atoms with van der Waals surface area (Å²) in [4.78, 5) is 23.3. The summed E-state index contributed by atoms with van der Waals surface area (Å²) in [5, 5.41) is 0. The maximum Gasteiger partial charge on any atom is 0.237 e. The molecule has 0 aromatic rings. The molecule has 0 aliphatic heterocycles. The Hall–Kier alpha value is -1.10. The van der Waals surface area contributed by atoms with Crippen molar-refractivity contribution in [2.75, 3.05) is 20.1 Å². The van der Waals surface area contributed by atoms with E-state index in [1.54, 1.807) is 7.05 Å². The van der Waals surface area contributed by atoms with E-state index in [-0.39, 0.29) is 18.4 Å². The van der Waals surface area contributed by atoms with Gasteiger partial charge in [-0.1, -0.05) is 6.92 Å². The second kappa shape index (κ2) is 5.53. The van der Waals surface area contributed by atoms with E-state index in [0.717, 1.165) is 0 Å². The smallest absolute Gasteiger partial charge is 0.237 e. The summed E-state index contributed by atoms with van der Waals surface area (Å²) in [6, 6.07) is 0. The van der Waals surface area contributed by atoms with Gasteiger partial charge >= 0.3 is 0 Å². The highest BCUT2D eigenvalue weighted by Gasteiger charge is 2.19. The summed E-state index contributed by atoms with van der Waals surface area (Å²) >= 11 is 0. The molecule has 0 heterocycles. The zero-order valence-corrected chi connectivity index (χ0v) is 8.12. The highest BCUT2D eigenvalue weighted by Crippen LogP contribution is 2.03. The van der Waals surface area contributed by atoms with E-state index < -0.39 is 5.91 Å². The Morgan fingerprint density at radius 2 is 2.00 bits per heavy atom. The summed E-state index contributed by atoms with van der Waals surface area (Å²) in [5.41, 5.74) is 10.3. The number of nitrogens with two attached hydrogens (primary N) is 2. The van der Waals surface area contributed by atoms with Gasteiger partial charge in [-0.15, -0.1) is 0 Å². The fourth-order valence-corrected chi connectivity index (χ4v) is 1.07. The maximum absolute atomic E-state index is 11.5. The molecule has 0 aromatic heterocycles. The van der Waals surface area contributed by atoms with Crippen LogP contribution in [-0.4, -0.2) is 36.9 Å². The topological polar surface area (TPSA) is 89.4 Å². The van der Waals surface area contributed by atoms with Crippen LogP contribution in [0.2, 0.25) is 0 Å². The summed E-state index contributed by atoms with van der Waals surface area (Å²) < 4.78 is 0. The highest BCUT2D eigenvalue weighted by molar-refractivity contribution is 5.84. The predicted octanol–water partition coefficient (Wildman–Crippen LogP) is -1.08. The van der Waals surface area contributed by atoms with Crippen molar-refractivity contribution in [3.63, 3.8) is 0 Å². The lowest BCUT2D eigenvalue weighted by Gasteiger charge is -2.20. The fourth-order valence-electron chi connectivity index (χ4n) is 1.07. The average molecular weight is 187 g/mol. The van der Waals surface area contributed by atoms with Crippen LogP contribution in [0, 0.1) is 5.92 Å². The molecule has 0 spiro atoms. The lowest BCUT2D eigenvalue weighted by molar-refractivity contribution is -0.137. The first-order valence-electron chi connectivity index (χ1n) is 4.26. The maximum atomic E-state index is 11.5. The van der Waals surface area contributed by atoms with E-state index in [9.17, 15) is 9.59 Å². The van der Waals surface area contributed by atoms with E-state index in [1.807, 2.05) is 6.92 Å². The van der Waals surface area contributed by atoms with E-state index in [1.165, 1.54) is 4.90 Å². The SMILES string of the molecule is CCC(CN)C(=O)N(C)CC(N)=O. The van der Waals surface area contributed by atoms with E-state index in [4.69, 9.17) is 11.5 Å². The minimum Gasteiger partial charge on any atom is -0.368 e. The van der Waals surface area contributed by atoms with Crippen molar-refractivity contribution in [1.82, 2.24) is 4.90 Å². The van der Waals surface area contributed by atoms with Gasteiger partial charge in [0.1, 0.15) is 0 Å². The number of carbonyl (C=O) groups is 2. The number of primary amides is 1. The molecule has 0 fully saturated rings. The third kappa shape index (κ3) is 3.89. The monoisotopic (exact) mass is 187 g/mol. The second-order valence-corrected chi connectivity index (χ2v) is 3.00. The van der Waals surface area contributed by atoms with Crippen LogP contribution < -0.4 is 11.5 Å². The minimum absolute atomic E-state index is 0.0463. The van der Waals surface area contributed by atoms with Crippen LogP contribution >= 0.6 is 0 Å². The molecule has 4 N–H and O–H groups in total. The third-order valence-corrected chi connectivity index (χ3v) is 1.90. The first-order valence-corrected chi connectivity index (χ1v) is 4.26. The number of nitrogens with zero attached hydrogens (tertiary/aromatic N) is 1. The Bertz CT molecular complexity index is 190. The Kier molecular flexibility index (Phi) is 5.06. The van der Waals surface area contributed by atoms with Crippen LogP contribution in [0.1, 0.15) is 13.3 Å². The molecule has 76 valence electrons. The zero-order valence-electron chi connectivity index (χ0n) is 8.12. The van der Waals surface area contributed by atoms with Crippen LogP contribution in [0.3, 0.4) is 0 Å². The number of hydrogen-bond donors (Lipinski definition) is 2. The molecule has 0 aromatic carbocycles. The zero-order chi connectivity index (χ0) is 10.4. The molecule has 5 heteroatoms. The molecule has 2 amide bonds. The van der Waals surface area contributed by atoms with Gasteiger partial charge in [0.25, 0.3) is 0 Å². The van der Waals surface area contributed by atoms with Crippen LogP contribution in [0.4, 0.5) is 0 Å². The summed E-state index contributed by atoms with van der Waals surface area (Å²) in [6.07, 6.45) is 0.679. The standard InChI is InChI=1S/C8H17N3O2/c1-3-6(4-9)8(13)11(2)5-7(10)12/h6H,3-5,9H2,1-2H3,(H2,10,12). The second-order valence-electron chi connectivity index (χ2n) is 3.00. The quantitative estimate of drug-likeness (QED) is 0.573. The molecule has 0 radical (unpaired) electrons. The molecule has 0 rings (SSSR count). The molecule has 0 aliphatic rings. The Morgan fingerprint density at radius 3 is 2.31 bits per heavy atom. The predicted molar refractivity (Wildman–Crippen MR) is 49.7 cm³/mol. The molecule has 13 heavy (non-hydrogen) atoms. The van der Waals surface area contributed by atoms with Crippen molar-refractivity contribution in [2.45, 2.75) is 13.3 Å². The number of likely N-dealkylation sites (N-methyl/N-ethyl adjacent to an activating group) is 1. The van der Waals surface area contributed by atoms with Crippen LogP contribution in [-0.2, 0) is 9.59 Å². The lowest BCUT2D eigenvalue weighted by Crippen LogP contribution is -2.40. The van der Waals surface area contributed by atoms with Gasteiger partial charge in [0.05, 0.1) is 12.5 Å². The molecule has 0 saturated carbocycles. The molecule has 1 unspecified atom stereocenters. The highest BCUT2D eigenvalue weighted by atomic mass is 16.2. The third-order valence-electron chi connectivity index (χ3n) is 1.90. The van der Waals surface area contributed by atoms with Crippen LogP contribution in [0.25, 0.3) is 0 Å². The van der Waals surface area contributed by atoms with E-state index in [0.29, 0.717) is 13.0 Å². The van der Waals surface area contributed by atoms with Crippen molar-refractivity contribution in [3.8, 4) is 0 Å². The largest absolute Gasteiger partial charge is 0.368 e. The number of amides is 2. The fraction of sp³-hybridized carbons (Fsp3) is 0.750. The van der Waals surface area contributed by atoms with Gasteiger partial charge in [-0.3, -0.25) is 9.59 Å². The van der Waals surface area contributed by atoms with Gasteiger partial charge in [-0.2, -0.15) is 0 Å². The first kappa shape index (κ1) is 11.9. The first-order chi connectivity index (χ1) is 6.02. The van der Waals surface area contributed by atoms with Crippen molar-refractivity contribution < 1.29 is 9.59 Å². The van der Waals surface area contributed by atoms with Gasteiger partial charge in [-0.05, 0) is 6.42 Å². The van der Waals surface area contributed by atoms with Crippen molar-refractivity contribution in [1.29, 1.82) is 0 Å².